The predicted octanol–water partition coefficient (Wildman–Crippen LogP) is 5.72. The zero-order valence-electron chi connectivity index (χ0n) is 16.0. The zero-order chi connectivity index (χ0) is 21.1. The molecule has 1 saturated heterocycles. The summed E-state index contributed by atoms with van der Waals surface area (Å²) in [5.74, 6) is -1.20. The van der Waals surface area contributed by atoms with Gasteiger partial charge < -0.3 is 4.74 Å². The summed E-state index contributed by atoms with van der Waals surface area (Å²) in [6, 6.07) is 22.0. The molecule has 0 saturated carbocycles. The Morgan fingerprint density at radius 2 is 1.77 bits per heavy atom. The molecule has 0 aromatic heterocycles. The number of rotatable bonds is 5. The Labute approximate surface area is 178 Å². The first-order valence-electron chi connectivity index (χ1n) is 9.57. The van der Waals surface area contributed by atoms with Crippen molar-refractivity contribution >= 4 is 23.6 Å². The van der Waals surface area contributed by atoms with Gasteiger partial charge in [-0.2, -0.15) is 0 Å². The Bertz CT molecular complexity index is 1060. The van der Waals surface area contributed by atoms with Crippen molar-refractivity contribution in [2.24, 2.45) is 0 Å². The SMILES string of the molecule is O=C(CC(c1ccc(Cl)cc1)c1cccc(F)c1)N1C(=O)OCC1c1ccccc1. The average molecular weight is 424 g/mol. The fourth-order valence-electron chi connectivity index (χ4n) is 3.74. The summed E-state index contributed by atoms with van der Waals surface area (Å²) in [7, 11) is 0. The fraction of sp³-hybridized carbons (Fsp3) is 0.167. The van der Waals surface area contributed by atoms with Crippen LogP contribution in [0.25, 0.3) is 0 Å². The summed E-state index contributed by atoms with van der Waals surface area (Å²) >= 11 is 6.01. The van der Waals surface area contributed by atoms with Gasteiger partial charge in [-0.25, -0.2) is 14.1 Å². The molecule has 4 nitrogen and oxygen atoms in total. The van der Waals surface area contributed by atoms with Gasteiger partial charge in [-0.1, -0.05) is 66.2 Å². The second-order valence-electron chi connectivity index (χ2n) is 7.13. The van der Waals surface area contributed by atoms with Crippen molar-refractivity contribution in [3.8, 4) is 0 Å². The summed E-state index contributed by atoms with van der Waals surface area (Å²) in [4.78, 5) is 26.8. The molecule has 1 aliphatic rings. The van der Waals surface area contributed by atoms with Crippen LogP contribution in [0.1, 0.15) is 35.1 Å². The maximum Gasteiger partial charge on any atom is 0.417 e. The Morgan fingerprint density at radius 3 is 2.47 bits per heavy atom. The van der Waals surface area contributed by atoms with E-state index in [9.17, 15) is 14.0 Å². The van der Waals surface area contributed by atoms with Gasteiger partial charge in [0.05, 0.1) is 0 Å². The first kappa shape index (κ1) is 20.1. The molecule has 1 fully saturated rings. The van der Waals surface area contributed by atoms with Crippen LogP contribution in [0.5, 0.6) is 0 Å². The lowest BCUT2D eigenvalue weighted by Gasteiger charge is -2.24. The maximum atomic E-state index is 13.9. The highest BCUT2D eigenvalue weighted by Gasteiger charge is 2.39. The number of benzene rings is 3. The summed E-state index contributed by atoms with van der Waals surface area (Å²) in [5.41, 5.74) is 2.28. The molecule has 0 N–H and O–H groups in total. The van der Waals surface area contributed by atoms with Crippen LogP contribution in [0.4, 0.5) is 9.18 Å². The molecule has 4 rings (SSSR count). The van der Waals surface area contributed by atoms with Crippen molar-refractivity contribution in [1.29, 1.82) is 0 Å². The van der Waals surface area contributed by atoms with Crippen molar-refractivity contribution < 1.29 is 18.7 Å². The number of imide groups is 1. The molecule has 152 valence electrons. The number of cyclic esters (lactones) is 1. The highest BCUT2D eigenvalue weighted by Crippen LogP contribution is 2.34. The van der Waals surface area contributed by atoms with Crippen molar-refractivity contribution in [1.82, 2.24) is 4.90 Å². The van der Waals surface area contributed by atoms with Crippen LogP contribution in [0.3, 0.4) is 0 Å². The third-order valence-electron chi connectivity index (χ3n) is 5.23. The number of hydrogen-bond acceptors (Lipinski definition) is 3. The summed E-state index contributed by atoms with van der Waals surface area (Å²) in [6.07, 6.45) is -0.674. The van der Waals surface area contributed by atoms with E-state index in [0.29, 0.717) is 10.6 Å². The molecule has 0 aliphatic carbocycles. The topological polar surface area (TPSA) is 46.6 Å². The van der Waals surface area contributed by atoms with Gasteiger partial charge in [0.25, 0.3) is 0 Å². The van der Waals surface area contributed by atoms with Crippen molar-refractivity contribution in [3.63, 3.8) is 0 Å². The van der Waals surface area contributed by atoms with E-state index in [1.807, 2.05) is 42.5 Å². The van der Waals surface area contributed by atoms with Gasteiger partial charge in [0.2, 0.25) is 5.91 Å². The number of hydrogen-bond donors (Lipinski definition) is 0. The van der Waals surface area contributed by atoms with Crippen LogP contribution in [0, 0.1) is 5.82 Å². The van der Waals surface area contributed by atoms with E-state index in [1.165, 1.54) is 12.1 Å². The van der Waals surface area contributed by atoms with Gasteiger partial charge >= 0.3 is 6.09 Å². The Balaban J connectivity index is 1.65. The first-order valence-corrected chi connectivity index (χ1v) is 9.95. The molecule has 30 heavy (non-hydrogen) atoms. The molecule has 2 atom stereocenters. The van der Waals surface area contributed by atoms with Gasteiger partial charge in [-0.05, 0) is 41.0 Å². The largest absolute Gasteiger partial charge is 0.446 e. The van der Waals surface area contributed by atoms with E-state index in [2.05, 4.69) is 0 Å². The van der Waals surface area contributed by atoms with Gasteiger partial charge in [0.1, 0.15) is 18.5 Å². The average Bonchev–Trinajstić information content (AvgIpc) is 3.15. The number of carbonyl (C=O) groups is 2. The minimum Gasteiger partial charge on any atom is -0.446 e. The molecular formula is C24H19ClFNO3. The van der Waals surface area contributed by atoms with Gasteiger partial charge in [0, 0.05) is 17.4 Å². The molecule has 0 bridgehead atoms. The van der Waals surface area contributed by atoms with Crippen molar-refractivity contribution in [2.45, 2.75) is 18.4 Å². The number of ether oxygens (including phenoxy) is 1. The highest BCUT2D eigenvalue weighted by atomic mass is 35.5. The number of amides is 2. The third-order valence-corrected chi connectivity index (χ3v) is 5.48. The van der Waals surface area contributed by atoms with Crippen LogP contribution < -0.4 is 0 Å². The van der Waals surface area contributed by atoms with Gasteiger partial charge in [-0.15, -0.1) is 0 Å². The van der Waals surface area contributed by atoms with Crippen LogP contribution in [0.2, 0.25) is 5.02 Å². The Morgan fingerprint density at radius 1 is 1.03 bits per heavy atom. The van der Waals surface area contributed by atoms with Crippen LogP contribution in [-0.4, -0.2) is 23.5 Å². The quantitative estimate of drug-likeness (QED) is 0.527. The number of nitrogens with zero attached hydrogens (tertiary/aromatic N) is 1. The lowest BCUT2D eigenvalue weighted by atomic mass is 9.88. The monoisotopic (exact) mass is 423 g/mol. The van der Waals surface area contributed by atoms with E-state index in [0.717, 1.165) is 16.0 Å². The highest BCUT2D eigenvalue weighted by molar-refractivity contribution is 6.30. The van der Waals surface area contributed by atoms with Crippen molar-refractivity contribution in [2.75, 3.05) is 6.61 Å². The summed E-state index contributed by atoms with van der Waals surface area (Å²) in [6.45, 7) is 0.111. The standard InChI is InChI=1S/C24H19ClFNO3/c25-19-11-9-16(10-12-19)21(18-7-4-8-20(26)13-18)14-23(28)27-22(15-30-24(27)29)17-5-2-1-3-6-17/h1-13,21-22H,14-15H2. The number of carbonyl (C=O) groups excluding carboxylic acids is 2. The summed E-state index contributed by atoms with van der Waals surface area (Å²) < 4.78 is 19.1. The van der Waals surface area contributed by atoms with Crippen LogP contribution >= 0.6 is 11.6 Å². The van der Waals surface area contributed by atoms with E-state index in [-0.39, 0.29) is 24.8 Å². The zero-order valence-corrected chi connectivity index (χ0v) is 16.8. The van der Waals surface area contributed by atoms with E-state index < -0.39 is 18.1 Å². The lowest BCUT2D eigenvalue weighted by Crippen LogP contribution is -2.35. The first-order chi connectivity index (χ1) is 14.5. The second-order valence-corrected chi connectivity index (χ2v) is 7.57. The molecular weight excluding hydrogens is 405 g/mol. The van der Waals surface area contributed by atoms with E-state index >= 15 is 0 Å². The molecule has 1 heterocycles. The second kappa shape index (κ2) is 8.67. The molecule has 1 aliphatic heterocycles. The minimum absolute atomic E-state index is 0.0104. The molecule has 6 heteroatoms. The molecule has 2 amide bonds. The fourth-order valence-corrected chi connectivity index (χ4v) is 3.86. The Kier molecular flexibility index (Phi) is 5.81. The lowest BCUT2D eigenvalue weighted by molar-refractivity contribution is -0.129. The molecule has 3 aromatic carbocycles. The molecule has 3 aromatic rings. The number of halogens is 2. The third kappa shape index (κ3) is 4.21. The maximum absolute atomic E-state index is 13.9. The van der Waals surface area contributed by atoms with E-state index in [4.69, 9.17) is 16.3 Å². The van der Waals surface area contributed by atoms with Crippen molar-refractivity contribution in [3.05, 3.63) is 106 Å². The minimum atomic E-state index is -0.664. The molecule has 0 spiro atoms. The molecule has 2 unspecified atom stereocenters. The Hall–Kier alpha value is -3.18. The predicted molar refractivity (Wildman–Crippen MR) is 112 cm³/mol. The van der Waals surface area contributed by atoms with Gasteiger partial charge in [0.15, 0.2) is 0 Å². The summed E-state index contributed by atoms with van der Waals surface area (Å²) in [5, 5.41) is 0.565. The smallest absolute Gasteiger partial charge is 0.417 e. The van der Waals surface area contributed by atoms with E-state index in [1.54, 1.807) is 24.3 Å². The van der Waals surface area contributed by atoms with Gasteiger partial charge in [-0.3, -0.25) is 4.79 Å². The normalized spacial score (nSPS) is 16.9. The molecule has 0 radical (unpaired) electrons. The van der Waals surface area contributed by atoms with Crippen LogP contribution in [0.15, 0.2) is 78.9 Å². The van der Waals surface area contributed by atoms with Crippen LogP contribution in [-0.2, 0) is 9.53 Å².